The maximum Gasteiger partial charge on any atom is 0.256 e. The maximum atomic E-state index is 13.3. The van der Waals surface area contributed by atoms with E-state index in [0.29, 0.717) is 35.9 Å². The molecular formula is C33H47BrN2O3S. The highest BCUT2D eigenvalue weighted by atomic mass is 79.9. The fourth-order valence-corrected chi connectivity index (χ4v) is 5.43. The van der Waals surface area contributed by atoms with Crippen molar-refractivity contribution in [2.75, 3.05) is 19.0 Å². The number of ether oxygens (including phenoxy) is 2. The minimum absolute atomic E-state index is 0. The van der Waals surface area contributed by atoms with Crippen LogP contribution in [-0.4, -0.2) is 19.6 Å². The molecule has 0 unspecified atom stereocenters. The summed E-state index contributed by atoms with van der Waals surface area (Å²) in [5, 5.41) is 6.35. The predicted molar refractivity (Wildman–Crippen MR) is 162 cm³/mol. The molecule has 0 fully saturated rings. The Labute approximate surface area is 256 Å². The molecule has 40 heavy (non-hydrogen) atoms. The molecule has 7 heteroatoms. The van der Waals surface area contributed by atoms with Crippen molar-refractivity contribution in [1.29, 1.82) is 0 Å². The van der Waals surface area contributed by atoms with Crippen LogP contribution in [0, 0.1) is 6.92 Å². The summed E-state index contributed by atoms with van der Waals surface area (Å²) in [5.74, 6) is 1.22. The van der Waals surface area contributed by atoms with Crippen LogP contribution in [0.4, 0.5) is 5.69 Å². The zero-order valence-corrected chi connectivity index (χ0v) is 27.0. The second-order valence-electron chi connectivity index (χ2n) is 10.3. The second-order valence-corrected chi connectivity index (χ2v) is 11.4. The molecule has 1 aromatic heterocycles. The number of nitrogens with zero attached hydrogens (tertiary/aromatic N) is 1. The molecule has 0 saturated heterocycles. The number of nitrogens with one attached hydrogen (secondary N) is 1. The summed E-state index contributed by atoms with van der Waals surface area (Å²) in [7, 11) is 1.64. The number of benzene rings is 2. The molecule has 0 bridgehead atoms. The van der Waals surface area contributed by atoms with Crippen molar-refractivity contribution in [3.05, 3.63) is 70.2 Å². The van der Waals surface area contributed by atoms with Gasteiger partial charge in [0.2, 0.25) is 5.01 Å². The summed E-state index contributed by atoms with van der Waals surface area (Å²) < 4.78 is 13.7. The fourth-order valence-electron chi connectivity index (χ4n) is 4.77. The van der Waals surface area contributed by atoms with Gasteiger partial charge in [-0.05, 0) is 24.6 Å². The van der Waals surface area contributed by atoms with E-state index in [2.05, 4.69) is 35.3 Å². The van der Waals surface area contributed by atoms with Gasteiger partial charge < -0.3 is 31.8 Å². The standard InChI is InChI=1S/C33H46N2O3S.BrH/c1-4-5-6-7-8-9-10-11-12-13-14-17-23-38-32-25-29(37-3)20-21-31(32)34-33(36)30-19-16-15-18-28(30)26-35-22-24-39-27(35)2;/h15-16,18-22,24-25H,4-14,17,23,26H2,1-3H3;1H. The number of thiazole rings is 1. The van der Waals surface area contributed by atoms with Crippen LogP contribution in [0.2, 0.25) is 0 Å². The third kappa shape index (κ3) is 11.6. The molecule has 0 spiro atoms. The monoisotopic (exact) mass is 630 g/mol. The third-order valence-electron chi connectivity index (χ3n) is 7.18. The highest BCUT2D eigenvalue weighted by Gasteiger charge is 2.18. The summed E-state index contributed by atoms with van der Waals surface area (Å²) >= 11 is 1.70. The van der Waals surface area contributed by atoms with Crippen LogP contribution < -0.4 is 36.3 Å². The smallest absolute Gasteiger partial charge is 0.256 e. The molecule has 2 aromatic carbocycles. The lowest BCUT2D eigenvalue weighted by Crippen LogP contribution is -3.00. The Morgan fingerprint density at radius 1 is 0.900 bits per heavy atom. The molecule has 0 aliphatic carbocycles. The first kappa shape index (κ1) is 33.8. The Kier molecular flexibility index (Phi) is 16.6. The molecular weight excluding hydrogens is 584 g/mol. The molecule has 3 rings (SSSR count). The number of carbonyl (C=O) groups is 1. The van der Waals surface area contributed by atoms with Crippen LogP contribution in [0.15, 0.2) is 54.0 Å². The minimum Gasteiger partial charge on any atom is -1.00 e. The first-order valence-electron chi connectivity index (χ1n) is 14.8. The zero-order valence-electron chi connectivity index (χ0n) is 24.6. The Hall–Kier alpha value is -2.38. The summed E-state index contributed by atoms with van der Waals surface area (Å²) in [5.41, 5.74) is 2.31. The van der Waals surface area contributed by atoms with E-state index in [1.165, 1.54) is 69.2 Å². The average Bonchev–Trinajstić information content (AvgIpc) is 3.36. The van der Waals surface area contributed by atoms with Crippen molar-refractivity contribution in [2.24, 2.45) is 0 Å². The number of rotatable bonds is 19. The predicted octanol–water partition coefficient (Wildman–Crippen LogP) is 5.74. The number of hydrogen-bond acceptors (Lipinski definition) is 4. The number of carbonyl (C=O) groups excluding carboxylic acids is 1. The van der Waals surface area contributed by atoms with Crippen LogP contribution in [0.25, 0.3) is 0 Å². The number of aryl methyl sites for hydroxylation is 1. The van der Waals surface area contributed by atoms with Gasteiger partial charge in [-0.15, -0.1) is 0 Å². The first-order chi connectivity index (χ1) is 19.1. The fraction of sp³-hybridized carbons (Fsp3) is 0.515. The zero-order chi connectivity index (χ0) is 27.7. The molecule has 220 valence electrons. The van der Waals surface area contributed by atoms with Crippen molar-refractivity contribution in [3.63, 3.8) is 0 Å². The first-order valence-corrected chi connectivity index (χ1v) is 15.6. The van der Waals surface area contributed by atoms with Crippen molar-refractivity contribution >= 4 is 22.9 Å². The van der Waals surface area contributed by atoms with E-state index in [0.717, 1.165) is 18.4 Å². The highest BCUT2D eigenvalue weighted by Crippen LogP contribution is 2.30. The van der Waals surface area contributed by atoms with Gasteiger partial charge in [0.1, 0.15) is 11.5 Å². The van der Waals surface area contributed by atoms with Gasteiger partial charge in [0, 0.05) is 24.1 Å². The molecule has 5 nitrogen and oxygen atoms in total. The summed E-state index contributed by atoms with van der Waals surface area (Å²) in [4.78, 5) is 13.3. The molecule has 0 aliphatic rings. The van der Waals surface area contributed by atoms with E-state index in [1.54, 1.807) is 18.4 Å². The third-order valence-corrected chi connectivity index (χ3v) is 8.01. The van der Waals surface area contributed by atoms with E-state index < -0.39 is 0 Å². The molecule has 1 heterocycles. The van der Waals surface area contributed by atoms with Crippen LogP contribution in [-0.2, 0) is 6.54 Å². The Bertz CT molecular complexity index is 1130. The number of unbranched alkanes of at least 4 members (excludes halogenated alkanes) is 11. The minimum atomic E-state index is -0.139. The van der Waals surface area contributed by atoms with Gasteiger partial charge in [-0.3, -0.25) is 4.79 Å². The Morgan fingerprint density at radius 3 is 2.17 bits per heavy atom. The number of halogens is 1. The van der Waals surface area contributed by atoms with Gasteiger partial charge in [-0.25, -0.2) is 0 Å². The van der Waals surface area contributed by atoms with Crippen molar-refractivity contribution in [3.8, 4) is 11.5 Å². The maximum absolute atomic E-state index is 13.3. The molecule has 0 aliphatic heterocycles. The molecule has 1 amide bonds. The van der Waals surface area contributed by atoms with Crippen LogP contribution in [0.5, 0.6) is 11.5 Å². The van der Waals surface area contributed by atoms with E-state index >= 15 is 0 Å². The number of hydrogen-bond donors (Lipinski definition) is 1. The summed E-state index contributed by atoms with van der Waals surface area (Å²) in [6.45, 7) is 5.64. The van der Waals surface area contributed by atoms with Gasteiger partial charge in [-0.2, -0.15) is 4.57 Å². The van der Waals surface area contributed by atoms with Gasteiger partial charge >= 0.3 is 0 Å². The Balaban J connectivity index is 0.00000560. The molecule has 3 aromatic rings. The number of aromatic nitrogens is 1. The molecule has 0 saturated carbocycles. The van der Waals surface area contributed by atoms with Crippen LogP contribution in [0.3, 0.4) is 0 Å². The molecule has 0 radical (unpaired) electrons. The number of amides is 1. The second kappa shape index (κ2) is 19.7. The van der Waals surface area contributed by atoms with E-state index in [1.807, 2.05) is 42.5 Å². The lowest BCUT2D eigenvalue weighted by molar-refractivity contribution is -0.689. The average molecular weight is 632 g/mol. The highest BCUT2D eigenvalue weighted by molar-refractivity contribution is 7.09. The molecule has 0 atom stereocenters. The number of anilines is 1. The van der Waals surface area contributed by atoms with E-state index in [-0.39, 0.29) is 22.9 Å². The van der Waals surface area contributed by atoms with Crippen LogP contribution >= 0.6 is 11.3 Å². The molecule has 1 N–H and O–H groups in total. The van der Waals surface area contributed by atoms with E-state index in [9.17, 15) is 4.79 Å². The van der Waals surface area contributed by atoms with Gasteiger partial charge in [0.15, 0.2) is 12.7 Å². The van der Waals surface area contributed by atoms with Gasteiger partial charge in [0.05, 0.1) is 24.8 Å². The van der Waals surface area contributed by atoms with Crippen molar-refractivity contribution < 1.29 is 35.8 Å². The van der Waals surface area contributed by atoms with Gasteiger partial charge in [-0.1, -0.05) is 107 Å². The summed E-state index contributed by atoms with van der Waals surface area (Å²) in [6, 6.07) is 13.3. The van der Waals surface area contributed by atoms with Gasteiger partial charge in [0.25, 0.3) is 5.91 Å². The SMILES string of the molecule is CCCCCCCCCCCCCCOc1cc(OC)ccc1NC(=O)c1ccccc1C[n+]1ccsc1C.[Br-]. The Morgan fingerprint density at radius 2 is 1.55 bits per heavy atom. The number of methoxy groups -OCH3 is 1. The normalized spacial score (nSPS) is 10.7. The largest absolute Gasteiger partial charge is 1.00 e. The quantitative estimate of drug-likeness (QED) is 0.136. The topological polar surface area (TPSA) is 51.4 Å². The van der Waals surface area contributed by atoms with Crippen molar-refractivity contribution in [2.45, 2.75) is 97.4 Å². The summed E-state index contributed by atoms with van der Waals surface area (Å²) in [6.07, 6.45) is 17.8. The lowest BCUT2D eigenvalue weighted by atomic mass is 10.1. The van der Waals surface area contributed by atoms with Crippen LogP contribution in [0.1, 0.15) is 105 Å². The lowest BCUT2D eigenvalue weighted by Gasteiger charge is -2.15. The van der Waals surface area contributed by atoms with E-state index in [4.69, 9.17) is 9.47 Å². The van der Waals surface area contributed by atoms with Crippen molar-refractivity contribution in [1.82, 2.24) is 0 Å².